The molecule has 2 rings (SSSR count). The van der Waals surface area contributed by atoms with Crippen molar-refractivity contribution < 1.29 is 9.53 Å². The molecule has 2 fully saturated rings. The van der Waals surface area contributed by atoms with E-state index in [0.29, 0.717) is 0 Å². The van der Waals surface area contributed by atoms with Gasteiger partial charge >= 0.3 is 0 Å². The predicted octanol–water partition coefficient (Wildman–Crippen LogP) is 2.09. The van der Waals surface area contributed by atoms with E-state index in [1.165, 1.54) is 0 Å². The van der Waals surface area contributed by atoms with Gasteiger partial charge in [-0.25, -0.2) is 0 Å². The summed E-state index contributed by atoms with van der Waals surface area (Å²) in [6.45, 7) is 8.77. The summed E-state index contributed by atoms with van der Waals surface area (Å²) in [4.78, 5) is 12.7. The van der Waals surface area contributed by atoms with Crippen LogP contribution in [0.25, 0.3) is 0 Å². The van der Waals surface area contributed by atoms with E-state index in [-0.39, 0.29) is 16.7 Å². The third-order valence-corrected chi connectivity index (χ3v) is 5.06. The second-order valence-corrected chi connectivity index (χ2v) is 6.92. The molecule has 1 atom stereocenters. The van der Waals surface area contributed by atoms with Crippen LogP contribution in [0.1, 0.15) is 52.4 Å². The zero-order valence-electron chi connectivity index (χ0n) is 13.1. The topological polar surface area (TPSA) is 50.4 Å². The van der Waals surface area contributed by atoms with Crippen LogP contribution in [-0.4, -0.2) is 38.8 Å². The van der Waals surface area contributed by atoms with Gasteiger partial charge in [0, 0.05) is 26.3 Å². The minimum atomic E-state index is -0.172. The Labute approximate surface area is 123 Å². The highest BCUT2D eigenvalue weighted by molar-refractivity contribution is 5.83. The highest BCUT2D eigenvalue weighted by atomic mass is 16.5. The van der Waals surface area contributed by atoms with Crippen LogP contribution in [0.4, 0.5) is 0 Å². The first-order chi connectivity index (χ1) is 9.60. The number of ether oxygens (including phenoxy) is 1. The second kappa shape index (κ2) is 6.90. The Morgan fingerprint density at radius 2 is 2.05 bits per heavy atom. The van der Waals surface area contributed by atoms with Gasteiger partial charge in [0.1, 0.15) is 0 Å². The van der Waals surface area contributed by atoms with Crippen molar-refractivity contribution in [1.82, 2.24) is 10.6 Å². The maximum atomic E-state index is 12.7. The summed E-state index contributed by atoms with van der Waals surface area (Å²) in [5.74, 6) is 0.263. The molecule has 0 aromatic carbocycles. The second-order valence-electron chi connectivity index (χ2n) is 6.92. The Bertz CT molecular complexity index is 313. The van der Waals surface area contributed by atoms with Crippen LogP contribution >= 0.6 is 0 Å². The maximum Gasteiger partial charge on any atom is 0.227 e. The first kappa shape index (κ1) is 15.8. The molecule has 4 heteroatoms. The van der Waals surface area contributed by atoms with E-state index in [1.54, 1.807) is 0 Å². The van der Waals surface area contributed by atoms with Crippen molar-refractivity contribution in [3.05, 3.63) is 0 Å². The van der Waals surface area contributed by atoms with Gasteiger partial charge in [-0.2, -0.15) is 0 Å². The monoisotopic (exact) mass is 282 g/mol. The fourth-order valence-corrected chi connectivity index (χ4v) is 3.49. The lowest BCUT2D eigenvalue weighted by molar-refractivity contribution is -0.133. The van der Waals surface area contributed by atoms with Gasteiger partial charge in [-0.3, -0.25) is 4.79 Å². The normalized spacial score (nSPS) is 29.9. The zero-order chi connectivity index (χ0) is 14.5. The van der Waals surface area contributed by atoms with E-state index in [4.69, 9.17) is 4.74 Å². The highest BCUT2D eigenvalue weighted by Crippen LogP contribution is 2.33. The molecule has 1 amide bonds. The Morgan fingerprint density at radius 1 is 1.30 bits per heavy atom. The van der Waals surface area contributed by atoms with Gasteiger partial charge in [-0.05, 0) is 44.1 Å². The lowest BCUT2D eigenvalue weighted by Gasteiger charge is -2.39. The van der Waals surface area contributed by atoms with Gasteiger partial charge in [0.15, 0.2) is 0 Å². The molecule has 20 heavy (non-hydrogen) atoms. The van der Waals surface area contributed by atoms with Crippen LogP contribution in [-0.2, 0) is 9.53 Å². The molecule has 0 bridgehead atoms. The van der Waals surface area contributed by atoms with Gasteiger partial charge in [-0.15, -0.1) is 0 Å². The van der Waals surface area contributed by atoms with Crippen molar-refractivity contribution in [2.45, 2.75) is 52.4 Å². The first-order valence-corrected chi connectivity index (χ1v) is 8.17. The number of hydrogen-bond donors (Lipinski definition) is 2. The fraction of sp³-hybridized carbons (Fsp3) is 0.938. The summed E-state index contributed by atoms with van der Waals surface area (Å²) in [6.07, 6.45) is 6.29. The quantitative estimate of drug-likeness (QED) is 0.812. The van der Waals surface area contributed by atoms with E-state index in [9.17, 15) is 4.79 Å². The zero-order valence-corrected chi connectivity index (χ0v) is 13.1. The summed E-state index contributed by atoms with van der Waals surface area (Å²) in [6, 6.07) is 0. The van der Waals surface area contributed by atoms with Crippen LogP contribution in [0.2, 0.25) is 0 Å². The smallest absolute Gasteiger partial charge is 0.227 e. The molecule has 0 spiro atoms. The molecule has 0 aliphatic carbocycles. The van der Waals surface area contributed by atoms with Crippen LogP contribution in [0.3, 0.4) is 0 Å². The summed E-state index contributed by atoms with van der Waals surface area (Å²) < 4.78 is 5.42. The molecule has 2 saturated heterocycles. The van der Waals surface area contributed by atoms with Crippen molar-refractivity contribution in [3.63, 3.8) is 0 Å². The molecule has 0 aromatic rings. The van der Waals surface area contributed by atoms with Crippen molar-refractivity contribution in [2.75, 3.05) is 32.8 Å². The minimum Gasteiger partial charge on any atom is -0.381 e. The third kappa shape index (κ3) is 3.73. The van der Waals surface area contributed by atoms with Gasteiger partial charge in [-0.1, -0.05) is 20.3 Å². The Kier molecular flexibility index (Phi) is 5.44. The van der Waals surface area contributed by atoms with Gasteiger partial charge in [0.2, 0.25) is 5.91 Å². The van der Waals surface area contributed by atoms with Crippen LogP contribution in [0, 0.1) is 10.8 Å². The molecule has 116 valence electrons. The number of carbonyl (C=O) groups excluding carboxylic acids is 1. The summed E-state index contributed by atoms with van der Waals surface area (Å²) in [7, 11) is 0. The van der Waals surface area contributed by atoms with Crippen molar-refractivity contribution in [1.29, 1.82) is 0 Å². The van der Waals surface area contributed by atoms with Crippen LogP contribution in [0.15, 0.2) is 0 Å². The van der Waals surface area contributed by atoms with E-state index >= 15 is 0 Å². The van der Waals surface area contributed by atoms with E-state index < -0.39 is 0 Å². The summed E-state index contributed by atoms with van der Waals surface area (Å²) >= 11 is 0. The molecule has 2 N–H and O–H groups in total. The number of amides is 1. The first-order valence-electron chi connectivity index (χ1n) is 8.17. The largest absolute Gasteiger partial charge is 0.381 e. The molecular formula is C16H30N2O2. The fourth-order valence-electron chi connectivity index (χ4n) is 3.49. The van der Waals surface area contributed by atoms with E-state index in [1.807, 2.05) is 0 Å². The number of piperidine rings is 1. The molecule has 0 saturated carbocycles. The maximum absolute atomic E-state index is 12.7. The molecular weight excluding hydrogens is 252 g/mol. The summed E-state index contributed by atoms with van der Waals surface area (Å²) in [5.41, 5.74) is 0.0396. The number of rotatable bonds is 5. The number of hydrogen-bond acceptors (Lipinski definition) is 3. The minimum absolute atomic E-state index is 0.172. The SMILES string of the molecule is CCCC1(C(=O)NCC2(C)CCOCC2)CCCNC1. The van der Waals surface area contributed by atoms with Crippen LogP contribution < -0.4 is 10.6 Å². The van der Waals surface area contributed by atoms with Gasteiger partial charge < -0.3 is 15.4 Å². The molecule has 1 unspecified atom stereocenters. The molecule has 0 radical (unpaired) electrons. The lowest BCUT2D eigenvalue weighted by atomic mass is 9.75. The average Bonchev–Trinajstić information content (AvgIpc) is 2.47. The van der Waals surface area contributed by atoms with Crippen molar-refractivity contribution >= 4 is 5.91 Å². The Balaban J connectivity index is 1.91. The lowest BCUT2D eigenvalue weighted by Crippen LogP contribution is -2.52. The molecule has 2 aliphatic rings. The van der Waals surface area contributed by atoms with Crippen LogP contribution in [0.5, 0.6) is 0 Å². The standard InChI is InChI=1S/C16H30N2O2/c1-3-5-16(6-4-9-17-13-16)14(19)18-12-15(2)7-10-20-11-8-15/h17H,3-13H2,1-2H3,(H,18,19). The number of nitrogens with one attached hydrogen (secondary N) is 2. The highest BCUT2D eigenvalue weighted by Gasteiger charge is 2.39. The Morgan fingerprint density at radius 3 is 2.65 bits per heavy atom. The number of carbonyl (C=O) groups is 1. The van der Waals surface area contributed by atoms with Crippen molar-refractivity contribution in [3.8, 4) is 0 Å². The average molecular weight is 282 g/mol. The van der Waals surface area contributed by atoms with E-state index in [0.717, 1.165) is 71.4 Å². The summed E-state index contributed by atoms with van der Waals surface area (Å²) in [5, 5.41) is 6.66. The third-order valence-electron chi connectivity index (χ3n) is 5.06. The van der Waals surface area contributed by atoms with Crippen molar-refractivity contribution in [2.24, 2.45) is 10.8 Å². The molecule has 2 heterocycles. The van der Waals surface area contributed by atoms with Gasteiger partial charge in [0.05, 0.1) is 5.41 Å². The molecule has 2 aliphatic heterocycles. The van der Waals surface area contributed by atoms with Gasteiger partial charge in [0.25, 0.3) is 0 Å². The predicted molar refractivity (Wildman–Crippen MR) is 80.6 cm³/mol. The molecule has 4 nitrogen and oxygen atoms in total. The van der Waals surface area contributed by atoms with E-state index in [2.05, 4.69) is 24.5 Å². The molecule has 0 aromatic heterocycles. The Hall–Kier alpha value is -0.610.